The van der Waals surface area contributed by atoms with Gasteiger partial charge in [-0.1, -0.05) is 13.8 Å². The molecule has 0 radical (unpaired) electrons. The molecule has 9 heteroatoms. The van der Waals surface area contributed by atoms with Crippen LogP contribution < -0.4 is 11.2 Å². The van der Waals surface area contributed by atoms with Gasteiger partial charge >= 0.3 is 5.69 Å². The van der Waals surface area contributed by atoms with Crippen LogP contribution in [-0.2, 0) is 25.4 Å². The van der Waals surface area contributed by atoms with E-state index in [2.05, 4.69) is 18.8 Å². The van der Waals surface area contributed by atoms with E-state index < -0.39 is 11.2 Å². The highest BCUT2D eigenvalue weighted by molar-refractivity contribution is 6.29. The van der Waals surface area contributed by atoms with Gasteiger partial charge in [0.05, 0.1) is 0 Å². The summed E-state index contributed by atoms with van der Waals surface area (Å²) in [6.45, 7) is 5.58. The molecule has 2 atom stereocenters. The van der Waals surface area contributed by atoms with Crippen molar-refractivity contribution in [2.75, 3.05) is 13.1 Å². The molecule has 0 aliphatic carbocycles. The summed E-state index contributed by atoms with van der Waals surface area (Å²) in [6.07, 6.45) is 1.10. The SMILES string of the molecule is C[C@@H]1C[C@@H](C)CN(C(=O)Cn2c(Cl)nc3c2c(=O)n(C)c(=O)n3C)C1. The van der Waals surface area contributed by atoms with E-state index in [0.717, 1.165) is 11.0 Å². The number of aromatic nitrogens is 4. The van der Waals surface area contributed by atoms with Gasteiger partial charge in [-0.3, -0.25) is 23.3 Å². The van der Waals surface area contributed by atoms with E-state index >= 15 is 0 Å². The molecule has 1 saturated heterocycles. The largest absolute Gasteiger partial charge is 0.341 e. The summed E-state index contributed by atoms with van der Waals surface area (Å²) in [6, 6.07) is 0. The average Bonchev–Trinajstić information content (AvgIpc) is 2.87. The molecule has 1 aliphatic rings. The van der Waals surface area contributed by atoms with Crippen LogP contribution in [0.3, 0.4) is 0 Å². The molecule has 0 unspecified atom stereocenters. The van der Waals surface area contributed by atoms with Crippen LogP contribution in [0.4, 0.5) is 0 Å². The van der Waals surface area contributed by atoms with Gasteiger partial charge in [0.1, 0.15) is 6.54 Å². The fourth-order valence-corrected chi connectivity index (χ4v) is 3.89. The number of halogens is 1. The molecule has 8 nitrogen and oxygen atoms in total. The number of piperidine rings is 1. The minimum absolute atomic E-state index is 0.0276. The predicted octanol–water partition coefficient (Wildman–Crippen LogP) is 0.592. The highest BCUT2D eigenvalue weighted by atomic mass is 35.5. The molecule has 0 N–H and O–H groups in total. The summed E-state index contributed by atoms with van der Waals surface area (Å²) in [7, 11) is 2.92. The lowest BCUT2D eigenvalue weighted by Crippen LogP contribution is -2.44. The van der Waals surface area contributed by atoms with Crippen LogP contribution in [0.1, 0.15) is 20.3 Å². The molecule has 2 aromatic rings. The molecule has 0 bridgehead atoms. The number of hydrogen-bond donors (Lipinski definition) is 0. The van der Waals surface area contributed by atoms with Crippen molar-refractivity contribution in [3.8, 4) is 0 Å². The number of aryl methyl sites for hydroxylation is 1. The van der Waals surface area contributed by atoms with Crippen molar-refractivity contribution in [2.45, 2.75) is 26.8 Å². The number of rotatable bonds is 2. The quantitative estimate of drug-likeness (QED) is 0.727. The number of carbonyl (C=O) groups is 1. The zero-order chi connectivity index (χ0) is 18.5. The van der Waals surface area contributed by atoms with Crippen LogP contribution in [0.2, 0.25) is 5.28 Å². The van der Waals surface area contributed by atoms with E-state index in [1.54, 1.807) is 0 Å². The average molecular weight is 368 g/mol. The summed E-state index contributed by atoms with van der Waals surface area (Å²) >= 11 is 6.17. The van der Waals surface area contributed by atoms with Crippen LogP contribution in [-0.4, -0.2) is 42.6 Å². The number of fused-ring (bicyclic) bond motifs is 1. The molecule has 1 aliphatic heterocycles. The van der Waals surface area contributed by atoms with Crippen molar-refractivity contribution in [3.63, 3.8) is 0 Å². The summed E-state index contributed by atoms with van der Waals surface area (Å²) in [4.78, 5) is 43.2. The summed E-state index contributed by atoms with van der Waals surface area (Å²) in [5.74, 6) is 0.781. The first-order valence-electron chi connectivity index (χ1n) is 8.30. The third-order valence-electron chi connectivity index (χ3n) is 4.82. The fourth-order valence-electron chi connectivity index (χ4n) is 3.67. The van der Waals surface area contributed by atoms with Gasteiger partial charge in [0.25, 0.3) is 5.56 Å². The minimum Gasteiger partial charge on any atom is -0.341 e. The zero-order valence-corrected chi connectivity index (χ0v) is 15.6. The topological polar surface area (TPSA) is 82.1 Å². The summed E-state index contributed by atoms with van der Waals surface area (Å²) in [5.41, 5.74) is -0.637. The monoisotopic (exact) mass is 367 g/mol. The number of nitrogens with zero attached hydrogens (tertiary/aromatic N) is 5. The Morgan fingerprint density at radius 3 is 2.36 bits per heavy atom. The molecule has 0 saturated carbocycles. The van der Waals surface area contributed by atoms with E-state index in [4.69, 9.17) is 11.6 Å². The first-order chi connectivity index (χ1) is 11.7. The second-order valence-corrected chi connectivity index (χ2v) is 7.43. The van der Waals surface area contributed by atoms with Crippen LogP contribution >= 0.6 is 11.6 Å². The van der Waals surface area contributed by atoms with E-state index in [9.17, 15) is 14.4 Å². The van der Waals surface area contributed by atoms with Crippen molar-refractivity contribution in [1.29, 1.82) is 0 Å². The van der Waals surface area contributed by atoms with Crippen molar-refractivity contribution in [3.05, 3.63) is 26.1 Å². The lowest BCUT2D eigenvalue weighted by Gasteiger charge is -2.35. The van der Waals surface area contributed by atoms with Gasteiger partial charge in [0.15, 0.2) is 11.2 Å². The van der Waals surface area contributed by atoms with Crippen LogP contribution in [0, 0.1) is 11.8 Å². The minimum atomic E-state index is -0.509. The second kappa shape index (κ2) is 6.33. The Hall–Kier alpha value is -2.09. The molecule has 1 fully saturated rings. The van der Waals surface area contributed by atoms with Gasteiger partial charge in [0, 0.05) is 27.2 Å². The van der Waals surface area contributed by atoms with Crippen molar-refractivity contribution in [1.82, 2.24) is 23.6 Å². The Bertz CT molecular complexity index is 947. The molecule has 25 heavy (non-hydrogen) atoms. The van der Waals surface area contributed by atoms with Crippen LogP contribution in [0.25, 0.3) is 11.2 Å². The van der Waals surface area contributed by atoms with Gasteiger partial charge < -0.3 is 4.90 Å². The Balaban J connectivity index is 2.02. The Morgan fingerprint density at radius 1 is 1.16 bits per heavy atom. The number of imidazole rings is 1. The molecule has 3 heterocycles. The van der Waals surface area contributed by atoms with Crippen LogP contribution in [0.5, 0.6) is 0 Å². The number of hydrogen-bond acceptors (Lipinski definition) is 4. The van der Waals surface area contributed by atoms with Gasteiger partial charge in [-0.15, -0.1) is 0 Å². The summed E-state index contributed by atoms with van der Waals surface area (Å²) in [5, 5.41) is 0.0276. The second-order valence-electron chi connectivity index (χ2n) is 7.09. The first kappa shape index (κ1) is 17.7. The van der Waals surface area contributed by atoms with E-state index in [1.807, 2.05) is 4.90 Å². The maximum absolute atomic E-state index is 12.7. The summed E-state index contributed by atoms with van der Waals surface area (Å²) < 4.78 is 3.64. The standard InChI is InChI=1S/C16H22ClN5O3/c1-9-5-10(2)7-21(6-9)11(23)8-22-12-13(18-15(22)17)19(3)16(25)20(4)14(12)24/h9-10H,5-8H2,1-4H3/t9-,10-/m1/s1. The molecule has 3 rings (SSSR count). The Labute approximate surface area is 149 Å². The molecule has 0 aromatic carbocycles. The van der Waals surface area contributed by atoms with E-state index in [1.165, 1.54) is 23.2 Å². The van der Waals surface area contributed by atoms with Crippen molar-refractivity contribution < 1.29 is 4.79 Å². The lowest BCUT2D eigenvalue weighted by molar-refractivity contribution is -0.134. The molecule has 0 spiro atoms. The zero-order valence-electron chi connectivity index (χ0n) is 14.8. The highest BCUT2D eigenvalue weighted by Crippen LogP contribution is 2.22. The highest BCUT2D eigenvalue weighted by Gasteiger charge is 2.27. The molecular formula is C16H22ClN5O3. The number of likely N-dealkylation sites (tertiary alicyclic amines) is 1. The maximum atomic E-state index is 12.7. The number of amides is 1. The Kier molecular flexibility index (Phi) is 4.49. The van der Waals surface area contributed by atoms with Gasteiger partial charge in [-0.2, -0.15) is 4.98 Å². The maximum Gasteiger partial charge on any atom is 0.332 e. The third-order valence-corrected chi connectivity index (χ3v) is 5.10. The fraction of sp³-hybridized carbons (Fsp3) is 0.625. The first-order valence-corrected chi connectivity index (χ1v) is 8.68. The van der Waals surface area contributed by atoms with E-state index in [0.29, 0.717) is 24.9 Å². The van der Waals surface area contributed by atoms with Crippen molar-refractivity contribution >= 4 is 28.7 Å². The van der Waals surface area contributed by atoms with Crippen molar-refractivity contribution in [2.24, 2.45) is 25.9 Å². The molecule has 136 valence electrons. The molecule has 1 amide bonds. The van der Waals surface area contributed by atoms with E-state index in [-0.39, 0.29) is 28.9 Å². The van der Waals surface area contributed by atoms with Crippen LogP contribution in [0.15, 0.2) is 9.59 Å². The van der Waals surface area contributed by atoms with Gasteiger partial charge in [0.2, 0.25) is 11.2 Å². The molecular weight excluding hydrogens is 346 g/mol. The number of carbonyl (C=O) groups excluding carboxylic acids is 1. The Morgan fingerprint density at radius 2 is 1.76 bits per heavy atom. The lowest BCUT2D eigenvalue weighted by atomic mass is 9.92. The molecule has 2 aromatic heterocycles. The van der Waals surface area contributed by atoms with Gasteiger partial charge in [-0.05, 0) is 29.9 Å². The predicted molar refractivity (Wildman–Crippen MR) is 94.8 cm³/mol. The smallest absolute Gasteiger partial charge is 0.332 e. The third kappa shape index (κ3) is 2.99. The normalized spacial score (nSPS) is 21.1. The van der Waals surface area contributed by atoms with Gasteiger partial charge in [-0.25, -0.2) is 4.79 Å².